The minimum Gasteiger partial charge on any atom is -0.389 e. The number of aromatic nitrogens is 2. The summed E-state index contributed by atoms with van der Waals surface area (Å²) >= 11 is 0. The monoisotopic (exact) mass is 309 g/mol. The molecular formula is C13H16FN5O3. The molecule has 3 rings (SSSR count). The van der Waals surface area contributed by atoms with Gasteiger partial charge in [0.05, 0.1) is 12.3 Å². The number of β-amino-alcohol motifs (C(OH)–C–C–N with tert-alkyl or cyclic N) is 1. The third-order valence-corrected chi connectivity index (χ3v) is 3.83. The average molecular weight is 309 g/mol. The Kier molecular flexibility index (Phi) is 3.88. The van der Waals surface area contributed by atoms with Crippen LogP contribution in [0.2, 0.25) is 0 Å². The van der Waals surface area contributed by atoms with Crippen LogP contribution in [0.5, 0.6) is 0 Å². The summed E-state index contributed by atoms with van der Waals surface area (Å²) < 4.78 is 13.8. The van der Waals surface area contributed by atoms with E-state index in [1.165, 1.54) is 4.90 Å². The number of hydrogen-bond donors (Lipinski definition) is 1. The summed E-state index contributed by atoms with van der Waals surface area (Å²) in [6.07, 6.45) is 1.22. The predicted octanol–water partition coefficient (Wildman–Crippen LogP) is -1.29. The van der Waals surface area contributed by atoms with E-state index >= 15 is 0 Å². The highest BCUT2D eigenvalue weighted by Crippen LogP contribution is 2.17. The van der Waals surface area contributed by atoms with Crippen LogP contribution in [0.3, 0.4) is 0 Å². The number of hydrogen-bond acceptors (Lipinski definition) is 6. The Morgan fingerprint density at radius 1 is 1.32 bits per heavy atom. The Hall–Kier alpha value is -2.29. The van der Waals surface area contributed by atoms with E-state index in [0.717, 1.165) is 12.6 Å². The van der Waals surface area contributed by atoms with Gasteiger partial charge in [-0.2, -0.15) is 0 Å². The zero-order valence-corrected chi connectivity index (χ0v) is 11.9. The molecule has 118 valence electrons. The molecule has 2 fully saturated rings. The standard InChI is InChI=1S/C13H16FN5O3/c14-10-5-15-13(18-3-1-17(8-20)2-4-18)16-11(10)12(22)19-6-9(21)7-19/h5,8-9,21H,1-4,6-7H2. The number of likely N-dealkylation sites (tertiary alicyclic amines) is 1. The molecule has 2 amide bonds. The van der Waals surface area contributed by atoms with Crippen molar-refractivity contribution in [3.05, 3.63) is 17.7 Å². The summed E-state index contributed by atoms with van der Waals surface area (Å²) in [5, 5.41) is 9.23. The lowest BCUT2D eigenvalue weighted by atomic mass is 10.1. The third-order valence-electron chi connectivity index (χ3n) is 3.83. The van der Waals surface area contributed by atoms with Crippen molar-refractivity contribution in [3.8, 4) is 0 Å². The van der Waals surface area contributed by atoms with Gasteiger partial charge >= 0.3 is 0 Å². The maximum absolute atomic E-state index is 13.8. The van der Waals surface area contributed by atoms with Crippen molar-refractivity contribution >= 4 is 18.3 Å². The van der Waals surface area contributed by atoms with Gasteiger partial charge in [-0.25, -0.2) is 14.4 Å². The van der Waals surface area contributed by atoms with Gasteiger partial charge in [-0.05, 0) is 0 Å². The Labute approximate surface area is 126 Å². The van der Waals surface area contributed by atoms with Crippen LogP contribution in [-0.4, -0.2) is 82.6 Å². The third kappa shape index (κ3) is 2.71. The molecule has 0 unspecified atom stereocenters. The van der Waals surface area contributed by atoms with Gasteiger partial charge in [0.25, 0.3) is 5.91 Å². The number of aliphatic hydroxyl groups excluding tert-OH is 1. The Morgan fingerprint density at radius 3 is 2.59 bits per heavy atom. The van der Waals surface area contributed by atoms with Crippen molar-refractivity contribution in [3.63, 3.8) is 0 Å². The van der Waals surface area contributed by atoms with Crippen LogP contribution < -0.4 is 4.90 Å². The van der Waals surface area contributed by atoms with E-state index in [9.17, 15) is 19.1 Å². The van der Waals surface area contributed by atoms with E-state index in [2.05, 4.69) is 9.97 Å². The fraction of sp³-hybridized carbons (Fsp3) is 0.538. The molecule has 3 heterocycles. The number of carbonyl (C=O) groups is 2. The SMILES string of the molecule is O=CN1CCN(c2ncc(F)c(C(=O)N3CC(O)C3)n2)CC1. The molecule has 0 aromatic carbocycles. The van der Waals surface area contributed by atoms with E-state index in [4.69, 9.17) is 0 Å². The van der Waals surface area contributed by atoms with Gasteiger partial charge in [0, 0.05) is 39.3 Å². The minimum atomic E-state index is -0.776. The molecule has 0 bridgehead atoms. The number of rotatable bonds is 3. The molecule has 2 saturated heterocycles. The van der Waals surface area contributed by atoms with Crippen LogP contribution >= 0.6 is 0 Å². The summed E-state index contributed by atoms with van der Waals surface area (Å²) in [5.74, 6) is -1.05. The second-order valence-electron chi connectivity index (χ2n) is 5.36. The van der Waals surface area contributed by atoms with Gasteiger partial charge in [0.1, 0.15) is 0 Å². The molecule has 1 aromatic rings. The Bertz CT molecular complexity index is 585. The molecule has 1 N–H and O–H groups in total. The average Bonchev–Trinajstić information content (AvgIpc) is 2.52. The molecule has 2 aliphatic heterocycles. The first-order valence-electron chi connectivity index (χ1n) is 7.02. The highest BCUT2D eigenvalue weighted by Gasteiger charge is 2.32. The van der Waals surface area contributed by atoms with E-state index in [-0.39, 0.29) is 24.7 Å². The van der Waals surface area contributed by atoms with Gasteiger partial charge in [0.15, 0.2) is 11.5 Å². The summed E-state index contributed by atoms with van der Waals surface area (Å²) in [6.45, 7) is 2.50. The number of amides is 2. The number of anilines is 1. The molecule has 22 heavy (non-hydrogen) atoms. The van der Waals surface area contributed by atoms with Gasteiger partial charge in [-0.3, -0.25) is 9.59 Å². The lowest BCUT2D eigenvalue weighted by Crippen LogP contribution is -2.54. The van der Waals surface area contributed by atoms with Crippen molar-refractivity contribution in [1.82, 2.24) is 19.8 Å². The van der Waals surface area contributed by atoms with Crippen molar-refractivity contribution in [1.29, 1.82) is 0 Å². The molecule has 0 spiro atoms. The molecular weight excluding hydrogens is 293 g/mol. The Morgan fingerprint density at radius 2 is 2.00 bits per heavy atom. The first-order valence-corrected chi connectivity index (χ1v) is 7.02. The van der Waals surface area contributed by atoms with Gasteiger partial charge in [0.2, 0.25) is 12.4 Å². The molecule has 9 heteroatoms. The van der Waals surface area contributed by atoms with Crippen molar-refractivity contribution in [2.45, 2.75) is 6.10 Å². The van der Waals surface area contributed by atoms with Gasteiger partial charge in [-0.15, -0.1) is 0 Å². The van der Waals surface area contributed by atoms with Crippen LogP contribution in [0.25, 0.3) is 0 Å². The lowest BCUT2D eigenvalue weighted by Gasteiger charge is -2.36. The van der Waals surface area contributed by atoms with E-state index < -0.39 is 17.8 Å². The van der Waals surface area contributed by atoms with Crippen molar-refractivity contribution < 1.29 is 19.1 Å². The first-order chi connectivity index (χ1) is 10.6. The van der Waals surface area contributed by atoms with E-state index in [1.807, 2.05) is 0 Å². The van der Waals surface area contributed by atoms with Gasteiger partial charge < -0.3 is 19.8 Å². The van der Waals surface area contributed by atoms with Crippen LogP contribution in [-0.2, 0) is 4.79 Å². The van der Waals surface area contributed by atoms with Crippen molar-refractivity contribution in [2.75, 3.05) is 44.2 Å². The quantitative estimate of drug-likeness (QED) is 0.699. The molecule has 8 nitrogen and oxygen atoms in total. The zero-order chi connectivity index (χ0) is 15.7. The maximum Gasteiger partial charge on any atom is 0.275 e. The number of nitrogens with zero attached hydrogens (tertiary/aromatic N) is 5. The summed E-state index contributed by atoms with van der Waals surface area (Å²) in [4.78, 5) is 35.6. The molecule has 0 saturated carbocycles. The van der Waals surface area contributed by atoms with E-state index in [1.54, 1.807) is 9.80 Å². The number of carbonyl (C=O) groups excluding carboxylic acids is 2. The highest BCUT2D eigenvalue weighted by atomic mass is 19.1. The fourth-order valence-electron chi connectivity index (χ4n) is 2.46. The zero-order valence-electron chi connectivity index (χ0n) is 11.9. The maximum atomic E-state index is 13.8. The lowest BCUT2D eigenvalue weighted by molar-refractivity contribution is -0.118. The number of aliphatic hydroxyl groups is 1. The molecule has 2 aliphatic rings. The Balaban J connectivity index is 1.75. The fourth-order valence-corrected chi connectivity index (χ4v) is 2.46. The van der Waals surface area contributed by atoms with Crippen LogP contribution in [0, 0.1) is 5.82 Å². The van der Waals surface area contributed by atoms with Gasteiger partial charge in [-0.1, -0.05) is 0 Å². The van der Waals surface area contributed by atoms with Crippen LogP contribution in [0.1, 0.15) is 10.5 Å². The molecule has 0 aliphatic carbocycles. The minimum absolute atomic E-state index is 0.190. The van der Waals surface area contributed by atoms with Crippen LogP contribution in [0.4, 0.5) is 10.3 Å². The summed E-state index contributed by atoms with van der Waals surface area (Å²) in [5.41, 5.74) is -0.283. The molecule has 0 atom stereocenters. The molecule has 0 radical (unpaired) electrons. The highest BCUT2D eigenvalue weighted by molar-refractivity contribution is 5.93. The predicted molar refractivity (Wildman–Crippen MR) is 73.8 cm³/mol. The number of piperazine rings is 1. The summed E-state index contributed by atoms with van der Waals surface area (Å²) in [6, 6.07) is 0. The van der Waals surface area contributed by atoms with Crippen molar-refractivity contribution in [2.24, 2.45) is 0 Å². The molecule has 1 aromatic heterocycles. The second-order valence-corrected chi connectivity index (χ2v) is 5.36. The summed E-state index contributed by atoms with van der Waals surface area (Å²) in [7, 11) is 0. The first kappa shape index (κ1) is 14.6. The topological polar surface area (TPSA) is 89.9 Å². The van der Waals surface area contributed by atoms with Crippen LogP contribution in [0.15, 0.2) is 6.20 Å². The largest absolute Gasteiger partial charge is 0.389 e. The van der Waals surface area contributed by atoms with E-state index in [0.29, 0.717) is 26.2 Å². The second kappa shape index (κ2) is 5.84. The normalized spacial score (nSPS) is 19.1. The smallest absolute Gasteiger partial charge is 0.275 e. The number of halogens is 1.